The summed E-state index contributed by atoms with van der Waals surface area (Å²) in [4.78, 5) is 3.23. The molecule has 0 aliphatic carbocycles. The van der Waals surface area contributed by atoms with Crippen molar-refractivity contribution in [2.45, 2.75) is 26.8 Å². The summed E-state index contributed by atoms with van der Waals surface area (Å²) in [6.07, 6.45) is 0.869. The van der Waals surface area contributed by atoms with Crippen LogP contribution in [0.1, 0.15) is 24.1 Å². The second-order valence-corrected chi connectivity index (χ2v) is 4.96. The van der Waals surface area contributed by atoms with Gasteiger partial charge in [0.25, 0.3) is 0 Å². The van der Waals surface area contributed by atoms with Crippen LogP contribution < -0.4 is 0 Å². The molecule has 100 valence electrons. The number of aromatic nitrogens is 5. The van der Waals surface area contributed by atoms with Crippen LogP contribution in [0.5, 0.6) is 0 Å². The van der Waals surface area contributed by atoms with Crippen molar-refractivity contribution >= 4 is 23.4 Å². The zero-order valence-corrected chi connectivity index (χ0v) is 11.9. The van der Waals surface area contributed by atoms with E-state index in [1.165, 1.54) is 0 Å². The molecule has 1 N–H and O–H groups in total. The fraction of sp³-hybridized carbons (Fsp3) is 0.417. The maximum absolute atomic E-state index is 5.38. The third-order valence-electron chi connectivity index (χ3n) is 3.15. The third kappa shape index (κ3) is 1.90. The molecule has 3 heterocycles. The minimum absolute atomic E-state index is 0.558. The predicted octanol–water partition coefficient (Wildman–Crippen LogP) is 2.34. The molecule has 0 aliphatic heterocycles. The highest BCUT2D eigenvalue weighted by molar-refractivity contribution is 7.71. The van der Waals surface area contributed by atoms with E-state index in [-0.39, 0.29) is 0 Å². The molecule has 0 saturated heterocycles. The minimum atomic E-state index is 0.558. The molecule has 0 amide bonds. The van der Waals surface area contributed by atoms with Gasteiger partial charge in [-0.15, -0.1) is 0 Å². The average Bonchev–Trinajstić information content (AvgIpc) is 3.00. The van der Waals surface area contributed by atoms with Crippen molar-refractivity contribution in [3.05, 3.63) is 28.0 Å². The van der Waals surface area contributed by atoms with Crippen LogP contribution in [0.3, 0.4) is 0 Å². The Hall–Kier alpha value is -1.89. The van der Waals surface area contributed by atoms with Crippen LogP contribution in [-0.4, -0.2) is 24.5 Å². The van der Waals surface area contributed by atoms with Crippen molar-refractivity contribution < 1.29 is 4.52 Å². The largest absolute Gasteiger partial charge is 0.359 e. The molecule has 0 spiro atoms. The molecule has 0 saturated carbocycles. The topological polar surface area (TPSA) is 64.6 Å². The summed E-state index contributed by atoms with van der Waals surface area (Å²) in [5.41, 5.74) is 3.88. The van der Waals surface area contributed by atoms with Crippen LogP contribution in [0.15, 0.2) is 10.6 Å². The molecule has 0 radical (unpaired) electrons. The summed E-state index contributed by atoms with van der Waals surface area (Å²) < 4.78 is 9.76. The fourth-order valence-electron chi connectivity index (χ4n) is 2.32. The van der Waals surface area contributed by atoms with Crippen LogP contribution in [0, 0.1) is 11.7 Å². The third-order valence-corrected chi connectivity index (χ3v) is 3.47. The van der Waals surface area contributed by atoms with Gasteiger partial charge in [-0.3, -0.25) is 9.25 Å². The van der Waals surface area contributed by atoms with E-state index in [1.807, 2.05) is 29.3 Å². The molecule has 3 rings (SSSR count). The number of aryl methyl sites for hydroxylation is 3. The van der Waals surface area contributed by atoms with Crippen LogP contribution in [0.4, 0.5) is 0 Å². The van der Waals surface area contributed by atoms with E-state index >= 15 is 0 Å². The highest BCUT2D eigenvalue weighted by Gasteiger charge is 2.15. The van der Waals surface area contributed by atoms with Crippen molar-refractivity contribution in [1.82, 2.24) is 24.5 Å². The van der Waals surface area contributed by atoms with Gasteiger partial charge in [0.1, 0.15) is 5.52 Å². The molecular weight excluding hydrogens is 262 g/mol. The van der Waals surface area contributed by atoms with Gasteiger partial charge in [-0.05, 0) is 25.6 Å². The molecule has 19 heavy (non-hydrogen) atoms. The first-order chi connectivity index (χ1) is 9.10. The number of fused-ring (bicyclic) bond motifs is 1. The summed E-state index contributed by atoms with van der Waals surface area (Å²) in [7, 11) is 1.92. The summed E-state index contributed by atoms with van der Waals surface area (Å²) in [5.74, 6) is 0.786. The fourth-order valence-corrected chi connectivity index (χ4v) is 2.57. The first-order valence-electron chi connectivity index (χ1n) is 6.16. The van der Waals surface area contributed by atoms with Crippen molar-refractivity contribution in [3.63, 3.8) is 0 Å². The first kappa shape index (κ1) is 12.2. The van der Waals surface area contributed by atoms with Gasteiger partial charge in [0.05, 0.1) is 17.9 Å². The Bertz CT molecular complexity index is 791. The maximum Gasteiger partial charge on any atom is 0.179 e. The van der Waals surface area contributed by atoms with E-state index < -0.39 is 0 Å². The van der Waals surface area contributed by atoms with Gasteiger partial charge < -0.3 is 9.51 Å². The smallest absolute Gasteiger partial charge is 0.179 e. The predicted molar refractivity (Wildman–Crippen MR) is 73.6 cm³/mol. The number of hydrogen-bond donors (Lipinski definition) is 1. The maximum atomic E-state index is 5.38. The Balaban J connectivity index is 2.15. The molecule has 7 heteroatoms. The number of imidazole rings is 1. The summed E-state index contributed by atoms with van der Waals surface area (Å²) in [6, 6.07) is 1.91. The lowest BCUT2D eigenvalue weighted by Gasteiger charge is -2.01. The monoisotopic (exact) mass is 277 g/mol. The minimum Gasteiger partial charge on any atom is -0.359 e. The van der Waals surface area contributed by atoms with Gasteiger partial charge in [0.2, 0.25) is 0 Å². The van der Waals surface area contributed by atoms with Crippen molar-refractivity contribution in [3.8, 4) is 0 Å². The average molecular weight is 277 g/mol. The number of rotatable bonds is 3. The Morgan fingerprint density at radius 1 is 1.47 bits per heavy atom. The van der Waals surface area contributed by atoms with E-state index in [4.69, 9.17) is 16.7 Å². The van der Waals surface area contributed by atoms with Crippen molar-refractivity contribution in [2.75, 3.05) is 0 Å². The lowest BCUT2D eigenvalue weighted by molar-refractivity contribution is 0.373. The van der Waals surface area contributed by atoms with Gasteiger partial charge in [0.15, 0.2) is 16.2 Å². The van der Waals surface area contributed by atoms with Crippen LogP contribution in [0.2, 0.25) is 0 Å². The van der Waals surface area contributed by atoms with Gasteiger partial charge in [-0.2, -0.15) is 5.10 Å². The van der Waals surface area contributed by atoms with Crippen LogP contribution in [-0.2, 0) is 20.0 Å². The second kappa shape index (κ2) is 4.34. The SMILES string of the molecule is CCc1nn(C)c2c1[nH]c(=S)n2Cc1cc(C)no1. The van der Waals surface area contributed by atoms with E-state index in [0.29, 0.717) is 11.3 Å². The number of nitrogens with one attached hydrogen (secondary N) is 1. The molecule has 6 nitrogen and oxygen atoms in total. The normalized spacial score (nSPS) is 11.5. The van der Waals surface area contributed by atoms with E-state index in [1.54, 1.807) is 0 Å². The van der Waals surface area contributed by atoms with E-state index in [0.717, 1.165) is 34.7 Å². The number of nitrogens with zero attached hydrogens (tertiary/aromatic N) is 4. The van der Waals surface area contributed by atoms with E-state index in [9.17, 15) is 0 Å². The molecule has 3 aromatic heterocycles. The lowest BCUT2D eigenvalue weighted by Crippen LogP contribution is -2.03. The van der Waals surface area contributed by atoms with Crippen molar-refractivity contribution in [2.24, 2.45) is 7.05 Å². The zero-order valence-electron chi connectivity index (χ0n) is 11.1. The van der Waals surface area contributed by atoms with E-state index in [2.05, 4.69) is 22.2 Å². The number of H-pyrrole nitrogens is 1. The van der Waals surface area contributed by atoms with Gasteiger partial charge >= 0.3 is 0 Å². The highest BCUT2D eigenvalue weighted by Crippen LogP contribution is 2.19. The summed E-state index contributed by atoms with van der Waals surface area (Å²) in [5, 5.41) is 8.38. The number of aromatic amines is 1. The number of hydrogen-bond acceptors (Lipinski definition) is 4. The van der Waals surface area contributed by atoms with Gasteiger partial charge in [-0.25, -0.2) is 0 Å². The highest BCUT2D eigenvalue weighted by atomic mass is 32.1. The molecule has 3 aromatic rings. The summed E-state index contributed by atoms with van der Waals surface area (Å²) >= 11 is 5.38. The zero-order chi connectivity index (χ0) is 13.6. The Morgan fingerprint density at radius 2 is 2.26 bits per heavy atom. The molecule has 0 bridgehead atoms. The Labute approximate surface area is 115 Å². The molecule has 0 unspecified atom stereocenters. The molecule has 0 fully saturated rings. The van der Waals surface area contributed by atoms with Gasteiger partial charge in [0, 0.05) is 13.1 Å². The molecular formula is C12H15N5OS. The lowest BCUT2D eigenvalue weighted by atomic mass is 10.3. The molecule has 0 atom stereocenters. The van der Waals surface area contributed by atoms with Gasteiger partial charge in [-0.1, -0.05) is 12.1 Å². The van der Waals surface area contributed by atoms with Crippen LogP contribution >= 0.6 is 12.2 Å². The second-order valence-electron chi connectivity index (χ2n) is 4.57. The Kier molecular flexibility index (Phi) is 2.78. The van der Waals surface area contributed by atoms with Crippen LogP contribution in [0.25, 0.3) is 11.2 Å². The standard InChI is InChI=1S/C12H15N5OS/c1-4-9-10-11(16(3)14-9)17(12(19)13-10)6-8-5-7(2)15-18-8/h5H,4,6H2,1-3H3,(H,13,19). The Morgan fingerprint density at radius 3 is 2.89 bits per heavy atom. The van der Waals surface area contributed by atoms with Crippen molar-refractivity contribution in [1.29, 1.82) is 0 Å². The first-order valence-corrected chi connectivity index (χ1v) is 6.57. The quantitative estimate of drug-likeness (QED) is 0.746. The molecule has 0 aliphatic rings. The molecule has 0 aromatic carbocycles. The summed E-state index contributed by atoms with van der Waals surface area (Å²) in [6.45, 7) is 4.54.